The standard InChI is InChI=1S/C14H21NO/c1-10(2)13(15-3)12-8-4-6-11-7-5-9-16-14(11)12/h4,6,8,10,13,15H,5,7,9H2,1-3H3. The van der Waals surface area contributed by atoms with E-state index < -0.39 is 0 Å². The van der Waals surface area contributed by atoms with Gasteiger partial charge in [0.05, 0.1) is 6.61 Å². The molecule has 0 aliphatic carbocycles. The summed E-state index contributed by atoms with van der Waals surface area (Å²) in [4.78, 5) is 0. The zero-order chi connectivity index (χ0) is 11.5. The second kappa shape index (κ2) is 4.88. The lowest BCUT2D eigenvalue weighted by Crippen LogP contribution is -2.23. The topological polar surface area (TPSA) is 21.3 Å². The van der Waals surface area contributed by atoms with Crippen molar-refractivity contribution < 1.29 is 4.74 Å². The van der Waals surface area contributed by atoms with Crippen LogP contribution in [-0.4, -0.2) is 13.7 Å². The number of nitrogens with one attached hydrogen (secondary N) is 1. The van der Waals surface area contributed by atoms with E-state index in [-0.39, 0.29) is 0 Å². The summed E-state index contributed by atoms with van der Waals surface area (Å²) >= 11 is 0. The van der Waals surface area contributed by atoms with Crippen LogP contribution in [0.15, 0.2) is 18.2 Å². The van der Waals surface area contributed by atoms with Gasteiger partial charge in [-0.3, -0.25) is 0 Å². The SMILES string of the molecule is CNC(c1cccc2c1OCCC2)C(C)C. The van der Waals surface area contributed by atoms with Crippen LogP contribution < -0.4 is 10.1 Å². The van der Waals surface area contributed by atoms with Gasteiger partial charge in [-0.1, -0.05) is 32.0 Å². The molecule has 0 bridgehead atoms. The zero-order valence-electron chi connectivity index (χ0n) is 10.4. The average Bonchev–Trinajstić information content (AvgIpc) is 2.30. The number of aryl methyl sites for hydroxylation is 1. The average molecular weight is 219 g/mol. The van der Waals surface area contributed by atoms with E-state index in [2.05, 4.69) is 37.4 Å². The van der Waals surface area contributed by atoms with Crippen molar-refractivity contribution in [3.8, 4) is 5.75 Å². The predicted molar refractivity (Wildman–Crippen MR) is 66.9 cm³/mol. The molecule has 1 aliphatic heterocycles. The molecule has 1 aromatic carbocycles. The van der Waals surface area contributed by atoms with E-state index in [0.717, 1.165) is 25.2 Å². The van der Waals surface area contributed by atoms with Gasteiger partial charge < -0.3 is 10.1 Å². The Bertz CT molecular complexity index is 360. The van der Waals surface area contributed by atoms with Gasteiger partial charge in [-0.05, 0) is 31.4 Å². The van der Waals surface area contributed by atoms with E-state index in [0.29, 0.717) is 12.0 Å². The zero-order valence-corrected chi connectivity index (χ0v) is 10.4. The minimum Gasteiger partial charge on any atom is -0.493 e. The third-order valence-electron chi connectivity index (χ3n) is 3.28. The van der Waals surface area contributed by atoms with Crippen molar-refractivity contribution in [3.05, 3.63) is 29.3 Å². The quantitative estimate of drug-likeness (QED) is 0.844. The molecule has 0 saturated carbocycles. The van der Waals surface area contributed by atoms with Crippen LogP contribution in [0.25, 0.3) is 0 Å². The molecule has 2 rings (SSSR count). The predicted octanol–water partition coefficient (Wildman–Crippen LogP) is 2.93. The molecule has 0 spiro atoms. The van der Waals surface area contributed by atoms with Gasteiger partial charge in [0.1, 0.15) is 5.75 Å². The Morgan fingerprint density at radius 2 is 2.12 bits per heavy atom. The molecule has 2 heteroatoms. The fourth-order valence-corrected chi connectivity index (χ4v) is 2.51. The van der Waals surface area contributed by atoms with Crippen molar-refractivity contribution in [2.24, 2.45) is 5.92 Å². The highest BCUT2D eigenvalue weighted by atomic mass is 16.5. The van der Waals surface area contributed by atoms with E-state index in [1.807, 2.05) is 7.05 Å². The Kier molecular flexibility index (Phi) is 3.49. The number of rotatable bonds is 3. The molecule has 1 N–H and O–H groups in total. The van der Waals surface area contributed by atoms with Crippen molar-refractivity contribution in [2.75, 3.05) is 13.7 Å². The van der Waals surface area contributed by atoms with Gasteiger partial charge in [-0.2, -0.15) is 0 Å². The molecule has 0 fully saturated rings. The maximum Gasteiger partial charge on any atom is 0.127 e. The number of hydrogen-bond donors (Lipinski definition) is 1. The largest absolute Gasteiger partial charge is 0.493 e. The summed E-state index contributed by atoms with van der Waals surface area (Å²) in [6, 6.07) is 6.90. The van der Waals surface area contributed by atoms with Crippen LogP contribution in [0.2, 0.25) is 0 Å². The molecular weight excluding hydrogens is 198 g/mol. The molecular formula is C14H21NO. The van der Waals surface area contributed by atoms with E-state index in [4.69, 9.17) is 4.74 Å². The molecule has 2 nitrogen and oxygen atoms in total. The summed E-state index contributed by atoms with van der Waals surface area (Å²) in [7, 11) is 2.02. The second-order valence-electron chi connectivity index (χ2n) is 4.80. The van der Waals surface area contributed by atoms with Crippen LogP contribution in [-0.2, 0) is 6.42 Å². The summed E-state index contributed by atoms with van der Waals surface area (Å²) in [6.45, 7) is 5.34. The van der Waals surface area contributed by atoms with Gasteiger partial charge in [0.2, 0.25) is 0 Å². The normalized spacial score (nSPS) is 16.8. The van der Waals surface area contributed by atoms with Crippen molar-refractivity contribution in [2.45, 2.75) is 32.7 Å². The molecule has 88 valence electrons. The molecule has 1 aliphatic rings. The van der Waals surface area contributed by atoms with Crippen LogP contribution >= 0.6 is 0 Å². The van der Waals surface area contributed by atoms with Gasteiger partial charge >= 0.3 is 0 Å². The molecule has 0 amide bonds. The fraction of sp³-hybridized carbons (Fsp3) is 0.571. The van der Waals surface area contributed by atoms with Gasteiger partial charge in [0.15, 0.2) is 0 Å². The lowest BCUT2D eigenvalue weighted by atomic mass is 9.92. The first kappa shape index (κ1) is 11.5. The van der Waals surface area contributed by atoms with Gasteiger partial charge in [-0.15, -0.1) is 0 Å². The van der Waals surface area contributed by atoms with E-state index in [1.165, 1.54) is 11.1 Å². The molecule has 0 aromatic heterocycles. The molecule has 16 heavy (non-hydrogen) atoms. The van der Waals surface area contributed by atoms with Gasteiger partial charge in [0.25, 0.3) is 0 Å². The maximum atomic E-state index is 5.85. The highest BCUT2D eigenvalue weighted by Crippen LogP contribution is 2.35. The third kappa shape index (κ3) is 2.07. The fourth-order valence-electron chi connectivity index (χ4n) is 2.51. The smallest absolute Gasteiger partial charge is 0.127 e. The first-order chi connectivity index (χ1) is 7.74. The highest BCUT2D eigenvalue weighted by Gasteiger charge is 2.21. The second-order valence-corrected chi connectivity index (χ2v) is 4.80. The van der Waals surface area contributed by atoms with Crippen LogP contribution in [0, 0.1) is 5.92 Å². The van der Waals surface area contributed by atoms with Gasteiger partial charge in [-0.25, -0.2) is 0 Å². The molecule has 0 saturated heterocycles. The van der Waals surface area contributed by atoms with Crippen LogP contribution in [0.5, 0.6) is 5.75 Å². The van der Waals surface area contributed by atoms with E-state index in [1.54, 1.807) is 0 Å². The van der Waals surface area contributed by atoms with Crippen LogP contribution in [0.1, 0.15) is 37.4 Å². The number of fused-ring (bicyclic) bond motifs is 1. The lowest BCUT2D eigenvalue weighted by molar-refractivity contribution is 0.278. The van der Waals surface area contributed by atoms with E-state index in [9.17, 15) is 0 Å². The maximum absolute atomic E-state index is 5.85. The third-order valence-corrected chi connectivity index (χ3v) is 3.28. The first-order valence-corrected chi connectivity index (χ1v) is 6.16. The van der Waals surface area contributed by atoms with Crippen molar-refractivity contribution in [1.29, 1.82) is 0 Å². The summed E-state index contributed by atoms with van der Waals surface area (Å²) in [5.74, 6) is 1.70. The lowest BCUT2D eigenvalue weighted by Gasteiger charge is -2.27. The number of ether oxygens (including phenoxy) is 1. The Balaban J connectivity index is 2.39. The van der Waals surface area contributed by atoms with Crippen molar-refractivity contribution in [3.63, 3.8) is 0 Å². The Morgan fingerprint density at radius 3 is 2.81 bits per heavy atom. The molecule has 1 unspecified atom stereocenters. The monoisotopic (exact) mass is 219 g/mol. The summed E-state index contributed by atoms with van der Waals surface area (Å²) in [5, 5.41) is 3.39. The minimum atomic E-state index is 0.382. The van der Waals surface area contributed by atoms with Crippen molar-refractivity contribution >= 4 is 0 Å². The number of para-hydroxylation sites is 1. The van der Waals surface area contributed by atoms with E-state index >= 15 is 0 Å². The molecule has 0 radical (unpaired) electrons. The molecule has 1 atom stereocenters. The minimum absolute atomic E-state index is 0.382. The van der Waals surface area contributed by atoms with Crippen LogP contribution in [0.3, 0.4) is 0 Å². The Morgan fingerprint density at radius 1 is 1.31 bits per heavy atom. The molecule has 1 aromatic rings. The van der Waals surface area contributed by atoms with Crippen LogP contribution in [0.4, 0.5) is 0 Å². The number of benzene rings is 1. The number of hydrogen-bond acceptors (Lipinski definition) is 2. The highest BCUT2D eigenvalue weighted by molar-refractivity contribution is 5.44. The molecule has 1 heterocycles. The summed E-state index contributed by atoms with van der Waals surface area (Å²) in [5.41, 5.74) is 2.68. The van der Waals surface area contributed by atoms with Crippen molar-refractivity contribution in [1.82, 2.24) is 5.32 Å². The first-order valence-electron chi connectivity index (χ1n) is 6.16. The Hall–Kier alpha value is -1.02. The van der Waals surface area contributed by atoms with Gasteiger partial charge in [0, 0.05) is 11.6 Å². The summed E-state index contributed by atoms with van der Waals surface area (Å²) < 4.78 is 5.85. The summed E-state index contributed by atoms with van der Waals surface area (Å²) in [6.07, 6.45) is 2.29. The Labute approximate surface area is 98.0 Å².